The van der Waals surface area contributed by atoms with Crippen LogP contribution in [0.5, 0.6) is 0 Å². The molecule has 0 aliphatic carbocycles. The molecule has 0 unspecified atom stereocenters. The third-order valence-corrected chi connectivity index (χ3v) is 3.39. The van der Waals surface area contributed by atoms with Crippen LogP contribution in [-0.4, -0.2) is 26.8 Å². The van der Waals surface area contributed by atoms with E-state index in [2.05, 4.69) is 27.4 Å². The summed E-state index contributed by atoms with van der Waals surface area (Å²) >= 11 is 1.47. The summed E-state index contributed by atoms with van der Waals surface area (Å²) in [6, 6.07) is 4.54. The van der Waals surface area contributed by atoms with Gasteiger partial charge in [-0.3, -0.25) is 0 Å². The molecule has 0 amide bonds. The van der Waals surface area contributed by atoms with Gasteiger partial charge in [0.05, 0.1) is 6.54 Å². The van der Waals surface area contributed by atoms with Gasteiger partial charge in [0.1, 0.15) is 5.82 Å². The largest absolute Gasteiger partial charge is 0.320 e. The number of benzene rings is 1. The van der Waals surface area contributed by atoms with E-state index in [9.17, 15) is 4.39 Å². The van der Waals surface area contributed by atoms with Crippen molar-refractivity contribution in [2.75, 3.05) is 6.54 Å². The van der Waals surface area contributed by atoms with Crippen LogP contribution in [0.2, 0.25) is 0 Å². The standard InChI is InChI=1S/C12H12FN5S/c1-18-12(15-16-17-18)19-8-10-4-5-11(13)7-9(10)3-2-6-14/h4-5,7H,6,8,14H2,1H3. The highest BCUT2D eigenvalue weighted by Crippen LogP contribution is 2.22. The summed E-state index contributed by atoms with van der Waals surface area (Å²) in [5.74, 6) is 5.91. The molecular formula is C12H12FN5S. The second kappa shape index (κ2) is 6.31. The Morgan fingerprint density at radius 2 is 2.32 bits per heavy atom. The molecule has 7 heteroatoms. The summed E-state index contributed by atoms with van der Waals surface area (Å²) in [5, 5.41) is 11.9. The first-order valence-corrected chi connectivity index (χ1v) is 6.52. The van der Waals surface area contributed by atoms with Gasteiger partial charge in [-0.1, -0.05) is 29.7 Å². The lowest BCUT2D eigenvalue weighted by atomic mass is 10.1. The molecule has 0 radical (unpaired) electrons. The predicted molar refractivity (Wildman–Crippen MR) is 70.7 cm³/mol. The van der Waals surface area contributed by atoms with Crippen molar-refractivity contribution < 1.29 is 4.39 Å². The topological polar surface area (TPSA) is 69.6 Å². The van der Waals surface area contributed by atoms with Crippen LogP contribution in [0.25, 0.3) is 0 Å². The van der Waals surface area contributed by atoms with E-state index in [1.165, 1.54) is 23.9 Å². The molecule has 0 aliphatic rings. The highest BCUT2D eigenvalue weighted by atomic mass is 32.2. The van der Waals surface area contributed by atoms with Crippen LogP contribution in [0, 0.1) is 17.7 Å². The van der Waals surface area contributed by atoms with E-state index in [4.69, 9.17) is 5.73 Å². The molecule has 2 aromatic rings. The van der Waals surface area contributed by atoms with Crippen LogP contribution < -0.4 is 5.73 Å². The van der Waals surface area contributed by atoms with E-state index in [0.29, 0.717) is 16.5 Å². The Kier molecular flexibility index (Phi) is 4.49. The Morgan fingerprint density at radius 3 is 3.00 bits per heavy atom. The molecule has 0 aliphatic heterocycles. The van der Waals surface area contributed by atoms with Crippen molar-refractivity contribution in [3.8, 4) is 11.8 Å². The van der Waals surface area contributed by atoms with Crippen molar-refractivity contribution in [3.63, 3.8) is 0 Å². The van der Waals surface area contributed by atoms with Gasteiger partial charge in [-0.05, 0) is 28.1 Å². The number of aromatic nitrogens is 4. The molecule has 0 atom stereocenters. The average Bonchev–Trinajstić information content (AvgIpc) is 2.81. The molecule has 1 aromatic carbocycles. The maximum atomic E-state index is 13.2. The zero-order chi connectivity index (χ0) is 13.7. The first kappa shape index (κ1) is 13.5. The first-order valence-electron chi connectivity index (χ1n) is 5.53. The Balaban J connectivity index is 2.17. The van der Waals surface area contributed by atoms with Crippen molar-refractivity contribution in [2.24, 2.45) is 12.8 Å². The average molecular weight is 277 g/mol. The maximum Gasteiger partial charge on any atom is 0.209 e. The number of halogens is 1. The fourth-order valence-electron chi connectivity index (χ4n) is 1.42. The van der Waals surface area contributed by atoms with E-state index in [1.807, 2.05) is 0 Å². The maximum absolute atomic E-state index is 13.2. The number of thioether (sulfide) groups is 1. The van der Waals surface area contributed by atoms with Crippen LogP contribution in [0.4, 0.5) is 4.39 Å². The molecule has 0 saturated heterocycles. The molecule has 0 saturated carbocycles. The van der Waals surface area contributed by atoms with Gasteiger partial charge in [-0.2, -0.15) is 0 Å². The third kappa shape index (κ3) is 3.53. The number of tetrazole rings is 1. The molecule has 0 spiro atoms. The van der Waals surface area contributed by atoms with Gasteiger partial charge in [0, 0.05) is 18.4 Å². The molecule has 0 fully saturated rings. The number of hydrogen-bond donors (Lipinski definition) is 1. The van der Waals surface area contributed by atoms with Crippen LogP contribution in [-0.2, 0) is 12.8 Å². The fraction of sp³-hybridized carbons (Fsp3) is 0.250. The van der Waals surface area contributed by atoms with Crippen molar-refractivity contribution in [2.45, 2.75) is 10.9 Å². The van der Waals surface area contributed by atoms with E-state index in [-0.39, 0.29) is 12.4 Å². The number of rotatable bonds is 3. The molecule has 1 heterocycles. The van der Waals surface area contributed by atoms with Crippen LogP contribution in [0.1, 0.15) is 11.1 Å². The van der Waals surface area contributed by atoms with Gasteiger partial charge in [0.15, 0.2) is 0 Å². The number of nitrogens with two attached hydrogens (primary N) is 1. The van der Waals surface area contributed by atoms with E-state index < -0.39 is 0 Å². The first-order chi connectivity index (χ1) is 9.20. The molecule has 5 nitrogen and oxygen atoms in total. The second-order valence-electron chi connectivity index (χ2n) is 3.68. The lowest BCUT2D eigenvalue weighted by molar-refractivity contribution is 0.627. The van der Waals surface area contributed by atoms with E-state index >= 15 is 0 Å². The number of hydrogen-bond acceptors (Lipinski definition) is 5. The molecule has 98 valence electrons. The minimum atomic E-state index is -0.310. The smallest absolute Gasteiger partial charge is 0.209 e. The molecule has 2 N–H and O–H groups in total. The third-order valence-electron chi connectivity index (χ3n) is 2.34. The Bertz CT molecular complexity index is 629. The quantitative estimate of drug-likeness (QED) is 0.668. The SMILES string of the molecule is Cn1nnnc1SCc1ccc(F)cc1C#CCN. The molecule has 19 heavy (non-hydrogen) atoms. The van der Waals surface area contributed by atoms with Gasteiger partial charge in [-0.25, -0.2) is 9.07 Å². The lowest BCUT2D eigenvalue weighted by Crippen LogP contribution is -1.96. The van der Waals surface area contributed by atoms with Crippen LogP contribution in [0.3, 0.4) is 0 Å². The van der Waals surface area contributed by atoms with Gasteiger partial charge < -0.3 is 5.73 Å². The zero-order valence-electron chi connectivity index (χ0n) is 10.3. The second-order valence-corrected chi connectivity index (χ2v) is 4.62. The van der Waals surface area contributed by atoms with Gasteiger partial charge in [0.25, 0.3) is 0 Å². The highest BCUT2D eigenvalue weighted by Gasteiger charge is 2.07. The summed E-state index contributed by atoms with van der Waals surface area (Å²) in [6.45, 7) is 0.246. The Hall–Kier alpha value is -1.91. The summed E-state index contributed by atoms with van der Waals surface area (Å²) in [5.41, 5.74) is 6.91. The zero-order valence-corrected chi connectivity index (χ0v) is 11.1. The summed E-state index contributed by atoms with van der Waals surface area (Å²) in [4.78, 5) is 0. The summed E-state index contributed by atoms with van der Waals surface area (Å²) < 4.78 is 14.8. The van der Waals surface area contributed by atoms with E-state index in [1.54, 1.807) is 17.8 Å². The fourth-order valence-corrected chi connectivity index (χ4v) is 2.28. The van der Waals surface area contributed by atoms with Gasteiger partial charge in [-0.15, -0.1) is 5.10 Å². The monoisotopic (exact) mass is 277 g/mol. The van der Waals surface area contributed by atoms with Gasteiger partial charge in [0.2, 0.25) is 5.16 Å². The Morgan fingerprint density at radius 1 is 1.47 bits per heavy atom. The predicted octanol–water partition coefficient (Wildman–Crippen LogP) is 0.952. The minimum absolute atomic E-state index is 0.246. The normalized spacial score (nSPS) is 10.1. The highest BCUT2D eigenvalue weighted by molar-refractivity contribution is 7.98. The molecule has 1 aromatic heterocycles. The number of aryl methyl sites for hydroxylation is 1. The summed E-state index contributed by atoms with van der Waals surface area (Å²) in [7, 11) is 1.77. The van der Waals surface area contributed by atoms with Crippen molar-refractivity contribution >= 4 is 11.8 Å². The van der Waals surface area contributed by atoms with E-state index in [0.717, 1.165) is 5.56 Å². The summed E-state index contributed by atoms with van der Waals surface area (Å²) in [6.07, 6.45) is 0. The van der Waals surface area contributed by atoms with Crippen molar-refractivity contribution in [1.82, 2.24) is 20.2 Å². The molecular weight excluding hydrogens is 265 g/mol. The Labute approximate surface area is 114 Å². The van der Waals surface area contributed by atoms with Crippen LogP contribution >= 0.6 is 11.8 Å². The molecule has 0 bridgehead atoms. The van der Waals surface area contributed by atoms with Crippen LogP contribution in [0.15, 0.2) is 23.4 Å². The van der Waals surface area contributed by atoms with Crippen molar-refractivity contribution in [1.29, 1.82) is 0 Å². The number of nitrogens with zero attached hydrogens (tertiary/aromatic N) is 4. The van der Waals surface area contributed by atoms with Crippen molar-refractivity contribution in [3.05, 3.63) is 35.1 Å². The van der Waals surface area contributed by atoms with Gasteiger partial charge >= 0.3 is 0 Å². The minimum Gasteiger partial charge on any atom is -0.320 e. The lowest BCUT2D eigenvalue weighted by Gasteiger charge is -2.04. The molecule has 2 rings (SSSR count).